The lowest BCUT2D eigenvalue weighted by atomic mass is 10.3. The largest absolute Gasteiger partial charge is 0.461 e. The molecule has 0 fully saturated rings. The predicted octanol–water partition coefficient (Wildman–Crippen LogP) is 2.57. The number of nitrogens with zero attached hydrogens (tertiary/aromatic N) is 2. The average Bonchev–Trinajstić information content (AvgIpc) is 2.80. The molecule has 0 aliphatic rings. The van der Waals surface area contributed by atoms with Gasteiger partial charge in [-0.3, -0.25) is 0 Å². The van der Waals surface area contributed by atoms with Gasteiger partial charge in [-0.15, -0.1) is 0 Å². The summed E-state index contributed by atoms with van der Waals surface area (Å²) in [4.78, 5) is 19.3. The number of carbonyl (C=O) groups is 1. The van der Waals surface area contributed by atoms with Crippen LogP contribution in [-0.4, -0.2) is 22.5 Å². The minimum absolute atomic E-state index is 0.136. The molecule has 17 heavy (non-hydrogen) atoms. The second-order valence-corrected chi connectivity index (χ2v) is 3.52. The van der Waals surface area contributed by atoms with Gasteiger partial charge in [-0.05, 0) is 19.1 Å². The van der Waals surface area contributed by atoms with Crippen LogP contribution in [-0.2, 0) is 4.74 Å². The number of esters is 1. The molecule has 2 heterocycles. The van der Waals surface area contributed by atoms with Crippen molar-refractivity contribution in [2.24, 2.45) is 0 Å². The molecule has 0 aromatic carbocycles. The van der Waals surface area contributed by atoms with E-state index in [0.29, 0.717) is 23.2 Å². The van der Waals surface area contributed by atoms with Gasteiger partial charge in [-0.2, -0.15) is 0 Å². The second-order valence-electron chi connectivity index (χ2n) is 3.13. The molecule has 0 N–H and O–H groups in total. The van der Waals surface area contributed by atoms with Gasteiger partial charge < -0.3 is 9.15 Å². The third-order valence-electron chi connectivity index (χ3n) is 1.96. The predicted molar refractivity (Wildman–Crippen MR) is 60.7 cm³/mol. The van der Waals surface area contributed by atoms with Gasteiger partial charge in [0.1, 0.15) is 11.4 Å². The maximum absolute atomic E-state index is 11.4. The molecule has 2 rings (SSSR count). The van der Waals surface area contributed by atoms with E-state index < -0.39 is 5.97 Å². The molecule has 5 nitrogen and oxygen atoms in total. The van der Waals surface area contributed by atoms with E-state index in [1.54, 1.807) is 19.1 Å². The minimum atomic E-state index is -0.510. The summed E-state index contributed by atoms with van der Waals surface area (Å²) in [5.74, 6) is -0.207. The van der Waals surface area contributed by atoms with Gasteiger partial charge >= 0.3 is 5.97 Å². The van der Waals surface area contributed by atoms with E-state index in [1.165, 1.54) is 12.5 Å². The summed E-state index contributed by atoms with van der Waals surface area (Å²) in [6.45, 7) is 2.02. The highest BCUT2D eigenvalue weighted by atomic mass is 35.5. The van der Waals surface area contributed by atoms with E-state index >= 15 is 0 Å². The fraction of sp³-hybridized carbons (Fsp3) is 0.182. The summed E-state index contributed by atoms with van der Waals surface area (Å²) in [7, 11) is 0. The summed E-state index contributed by atoms with van der Waals surface area (Å²) in [5.41, 5.74) is 0.779. The smallest absolute Gasteiger partial charge is 0.360 e. The van der Waals surface area contributed by atoms with Crippen molar-refractivity contribution in [3.63, 3.8) is 0 Å². The number of aromatic nitrogens is 2. The van der Waals surface area contributed by atoms with Crippen LogP contribution in [0.3, 0.4) is 0 Å². The first-order chi connectivity index (χ1) is 8.20. The normalized spacial score (nSPS) is 10.2. The van der Waals surface area contributed by atoms with Gasteiger partial charge in [0.05, 0.1) is 12.2 Å². The van der Waals surface area contributed by atoms with Gasteiger partial charge in [0.2, 0.25) is 5.89 Å². The molecule has 2 aromatic rings. The average molecular weight is 253 g/mol. The topological polar surface area (TPSA) is 65.2 Å². The van der Waals surface area contributed by atoms with E-state index in [-0.39, 0.29) is 5.69 Å². The maximum atomic E-state index is 11.4. The molecule has 2 aromatic heterocycles. The Kier molecular flexibility index (Phi) is 3.39. The molecular weight excluding hydrogens is 244 g/mol. The molecule has 0 saturated carbocycles. The standard InChI is InChI=1S/C11H9ClN2O3/c1-2-16-11(15)8-6-17-10(14-8)7-3-4-9(12)13-5-7/h3-6H,2H2,1H3. The van der Waals surface area contributed by atoms with Crippen LogP contribution in [0.5, 0.6) is 0 Å². The molecule has 0 spiro atoms. The summed E-state index contributed by atoms with van der Waals surface area (Å²) in [6.07, 6.45) is 2.77. The number of pyridine rings is 1. The van der Waals surface area contributed by atoms with Crippen LogP contribution in [0.25, 0.3) is 11.5 Å². The Morgan fingerprint density at radius 2 is 2.35 bits per heavy atom. The van der Waals surface area contributed by atoms with E-state index in [0.717, 1.165) is 0 Å². The number of hydrogen-bond donors (Lipinski definition) is 0. The van der Waals surface area contributed by atoms with Crippen molar-refractivity contribution < 1.29 is 13.9 Å². The van der Waals surface area contributed by atoms with Crippen LogP contribution in [0.2, 0.25) is 5.15 Å². The molecule has 0 aliphatic heterocycles. The highest BCUT2D eigenvalue weighted by Gasteiger charge is 2.14. The molecule has 0 aliphatic carbocycles. The molecule has 0 amide bonds. The first-order valence-electron chi connectivity index (χ1n) is 4.95. The number of hydrogen-bond acceptors (Lipinski definition) is 5. The van der Waals surface area contributed by atoms with Gasteiger partial charge in [0.15, 0.2) is 5.69 Å². The Hall–Kier alpha value is -1.88. The molecule has 0 radical (unpaired) electrons. The fourth-order valence-electron chi connectivity index (χ4n) is 1.21. The Morgan fingerprint density at radius 3 is 3.00 bits per heavy atom. The first-order valence-corrected chi connectivity index (χ1v) is 5.33. The molecule has 88 valence electrons. The Bertz CT molecular complexity index is 522. The Balaban J connectivity index is 2.23. The number of rotatable bonds is 3. The Labute approximate surface area is 102 Å². The molecule has 6 heteroatoms. The zero-order chi connectivity index (χ0) is 12.3. The molecule has 0 bridgehead atoms. The van der Waals surface area contributed by atoms with Crippen molar-refractivity contribution in [1.29, 1.82) is 0 Å². The van der Waals surface area contributed by atoms with Crippen molar-refractivity contribution >= 4 is 17.6 Å². The number of carbonyl (C=O) groups excluding carboxylic acids is 1. The van der Waals surface area contributed by atoms with Gasteiger partial charge in [-0.1, -0.05) is 11.6 Å². The van der Waals surface area contributed by atoms with E-state index in [9.17, 15) is 4.79 Å². The number of halogens is 1. The first kappa shape index (κ1) is 11.6. The van der Waals surface area contributed by atoms with Gasteiger partial charge in [0.25, 0.3) is 0 Å². The van der Waals surface area contributed by atoms with Crippen LogP contribution >= 0.6 is 11.6 Å². The van der Waals surface area contributed by atoms with E-state index in [4.69, 9.17) is 20.8 Å². The van der Waals surface area contributed by atoms with Crippen LogP contribution < -0.4 is 0 Å². The summed E-state index contributed by atoms with van der Waals surface area (Å²) in [6, 6.07) is 3.32. The minimum Gasteiger partial charge on any atom is -0.461 e. The monoisotopic (exact) mass is 252 g/mol. The lowest BCUT2D eigenvalue weighted by molar-refractivity contribution is 0.0519. The maximum Gasteiger partial charge on any atom is 0.360 e. The lowest BCUT2D eigenvalue weighted by Crippen LogP contribution is -2.04. The third kappa shape index (κ3) is 2.62. The quantitative estimate of drug-likeness (QED) is 0.620. The summed E-state index contributed by atoms with van der Waals surface area (Å²) in [5, 5.41) is 0.380. The van der Waals surface area contributed by atoms with E-state index in [1.807, 2.05) is 0 Å². The number of ether oxygens (including phenoxy) is 1. The third-order valence-corrected chi connectivity index (χ3v) is 2.19. The summed E-state index contributed by atoms with van der Waals surface area (Å²) >= 11 is 5.66. The zero-order valence-corrected chi connectivity index (χ0v) is 9.77. The van der Waals surface area contributed by atoms with Gasteiger partial charge in [0, 0.05) is 6.20 Å². The lowest BCUT2D eigenvalue weighted by Gasteiger charge is -1.95. The molecule has 0 atom stereocenters. The van der Waals surface area contributed by atoms with Crippen molar-refractivity contribution in [3.05, 3.63) is 35.4 Å². The van der Waals surface area contributed by atoms with Crippen LogP contribution in [0.15, 0.2) is 29.0 Å². The van der Waals surface area contributed by atoms with Gasteiger partial charge in [-0.25, -0.2) is 14.8 Å². The fourth-order valence-corrected chi connectivity index (χ4v) is 1.32. The van der Waals surface area contributed by atoms with Crippen LogP contribution in [0.1, 0.15) is 17.4 Å². The van der Waals surface area contributed by atoms with Crippen molar-refractivity contribution in [3.8, 4) is 11.5 Å². The molecule has 0 saturated heterocycles. The molecular formula is C11H9ClN2O3. The van der Waals surface area contributed by atoms with Crippen molar-refractivity contribution in [1.82, 2.24) is 9.97 Å². The van der Waals surface area contributed by atoms with E-state index in [2.05, 4.69) is 9.97 Å². The Morgan fingerprint density at radius 1 is 1.53 bits per heavy atom. The SMILES string of the molecule is CCOC(=O)c1coc(-c2ccc(Cl)nc2)n1. The summed E-state index contributed by atoms with van der Waals surface area (Å²) < 4.78 is 9.96. The van der Waals surface area contributed by atoms with Crippen LogP contribution in [0, 0.1) is 0 Å². The van der Waals surface area contributed by atoms with Crippen molar-refractivity contribution in [2.45, 2.75) is 6.92 Å². The zero-order valence-electron chi connectivity index (χ0n) is 9.01. The van der Waals surface area contributed by atoms with Crippen molar-refractivity contribution in [2.75, 3.05) is 6.61 Å². The molecule has 0 unspecified atom stereocenters. The second kappa shape index (κ2) is 4.97. The number of oxazole rings is 1. The van der Waals surface area contributed by atoms with Crippen LogP contribution in [0.4, 0.5) is 0 Å². The highest BCUT2D eigenvalue weighted by Crippen LogP contribution is 2.19. The highest BCUT2D eigenvalue weighted by molar-refractivity contribution is 6.29.